The van der Waals surface area contributed by atoms with Crippen LogP contribution in [0.1, 0.15) is 114 Å². The van der Waals surface area contributed by atoms with Crippen LogP contribution in [0.25, 0.3) is 22.0 Å². The fourth-order valence-corrected chi connectivity index (χ4v) is 7.45. The monoisotopic (exact) mass is 644 g/mol. The number of nitrogens with zero attached hydrogens (tertiary/aromatic N) is 4. The molecule has 1 aliphatic carbocycles. The van der Waals surface area contributed by atoms with Crippen molar-refractivity contribution in [3.63, 3.8) is 0 Å². The molecule has 2 aromatic heterocycles. The van der Waals surface area contributed by atoms with Gasteiger partial charge in [-0.05, 0) is 78.1 Å². The van der Waals surface area contributed by atoms with Crippen molar-refractivity contribution in [1.29, 1.82) is 0 Å². The smallest absolute Gasteiger partial charge is 0.264 e. The van der Waals surface area contributed by atoms with Crippen molar-refractivity contribution in [3.8, 4) is 11.1 Å². The number of alkyl halides is 2. The number of nitrogens with one attached hydrogen (secondary N) is 1. The maximum absolute atomic E-state index is 14.5. The number of aryl methyl sites for hydroxylation is 2. The lowest BCUT2D eigenvalue weighted by molar-refractivity contribution is 0.0964. The van der Waals surface area contributed by atoms with Crippen LogP contribution in [0, 0.1) is 5.92 Å². The molecule has 0 saturated heterocycles. The zero-order valence-corrected chi connectivity index (χ0v) is 29.3. The maximum atomic E-state index is 14.5. The van der Waals surface area contributed by atoms with Gasteiger partial charge in [-0.2, -0.15) is 5.10 Å². The quantitative estimate of drug-likeness (QED) is 0.194. The fourth-order valence-electron chi connectivity index (χ4n) is 7.45. The summed E-state index contributed by atoms with van der Waals surface area (Å²) in [6.45, 7) is 14.0. The highest BCUT2D eigenvalue weighted by Crippen LogP contribution is 2.57. The van der Waals surface area contributed by atoms with Crippen LogP contribution in [0.3, 0.4) is 0 Å². The van der Waals surface area contributed by atoms with Crippen LogP contribution in [0.4, 0.5) is 20.2 Å². The van der Waals surface area contributed by atoms with Crippen LogP contribution in [0.15, 0.2) is 54.0 Å². The second-order valence-electron chi connectivity index (χ2n) is 12.3. The van der Waals surface area contributed by atoms with Gasteiger partial charge in [0.2, 0.25) is 0 Å². The van der Waals surface area contributed by atoms with Crippen LogP contribution in [0.2, 0.25) is 0 Å². The Morgan fingerprint density at radius 1 is 1.11 bits per heavy atom. The van der Waals surface area contributed by atoms with Gasteiger partial charge in [-0.3, -0.25) is 9.48 Å². The number of anilines is 2. The van der Waals surface area contributed by atoms with Crippen molar-refractivity contribution in [2.24, 2.45) is 7.05 Å². The lowest BCUT2D eigenvalue weighted by Crippen LogP contribution is -2.25. The molecule has 0 bridgehead atoms. The van der Waals surface area contributed by atoms with Crippen molar-refractivity contribution in [2.75, 3.05) is 18.5 Å². The van der Waals surface area contributed by atoms with E-state index in [0.717, 1.165) is 60.2 Å². The Hall–Kier alpha value is -3.94. The van der Waals surface area contributed by atoms with Gasteiger partial charge in [0.05, 0.1) is 17.3 Å². The molecule has 0 spiro atoms. The second kappa shape index (κ2) is 14.4. The zero-order valence-electron chi connectivity index (χ0n) is 29.3. The van der Waals surface area contributed by atoms with Crippen molar-refractivity contribution < 1.29 is 15.0 Å². The minimum atomic E-state index is -2.62. The number of allylic oxidation sites excluding steroid dienone is 2. The number of hydrogen-bond donors (Lipinski definition) is 1. The number of fused-ring (bicyclic) bond motifs is 2. The van der Waals surface area contributed by atoms with Gasteiger partial charge in [-0.1, -0.05) is 60.0 Å². The lowest BCUT2D eigenvalue weighted by Gasteiger charge is -2.33. The molecule has 1 N–H and O–H groups in total. The third-order valence-corrected chi connectivity index (χ3v) is 9.60. The van der Waals surface area contributed by atoms with E-state index in [2.05, 4.69) is 45.9 Å². The summed E-state index contributed by atoms with van der Waals surface area (Å²) in [6.07, 6.45) is 9.28. The summed E-state index contributed by atoms with van der Waals surface area (Å²) in [5.41, 5.74) is 9.98. The lowest BCUT2D eigenvalue weighted by atomic mass is 9.88. The van der Waals surface area contributed by atoms with Crippen molar-refractivity contribution in [3.05, 3.63) is 82.2 Å². The number of carbonyl (C=O) groups is 1. The van der Waals surface area contributed by atoms with Gasteiger partial charge in [-0.25, -0.2) is 8.78 Å². The number of aromatic nitrogens is 3. The molecular formula is C39H52F2N5O. The van der Waals surface area contributed by atoms with E-state index >= 15 is 0 Å². The highest BCUT2D eigenvalue weighted by molar-refractivity contribution is 6.09. The molecule has 6 nitrogen and oxygen atoms in total. The minimum absolute atomic E-state index is 0. The van der Waals surface area contributed by atoms with Gasteiger partial charge in [0, 0.05) is 74.8 Å². The molecule has 0 saturated carbocycles. The highest BCUT2D eigenvalue weighted by Gasteiger charge is 2.44. The number of carbonyl (C=O) groups excluding carboxylic acids is 1. The minimum Gasteiger partial charge on any atom is -0.355 e. The summed E-state index contributed by atoms with van der Waals surface area (Å²) in [6, 6.07) is 7.96. The SMILES string of the molecule is CC.CC.CCCCCC1=C2Cn3cc(C(=O)NC)c4cc(N5CCCc6cc(-c7cnn(C)c7)c(C(F)F)cc65)cc(c43)C(C)[C]12.[HH]. The Morgan fingerprint density at radius 3 is 2.53 bits per heavy atom. The number of amides is 1. The molecule has 8 heteroatoms. The molecule has 47 heavy (non-hydrogen) atoms. The predicted molar refractivity (Wildman–Crippen MR) is 192 cm³/mol. The summed E-state index contributed by atoms with van der Waals surface area (Å²) in [5, 5.41) is 7.97. The molecule has 1 unspecified atom stereocenters. The number of unbranched alkanes of at least 4 members (excludes halogenated alkanes) is 2. The Labute approximate surface area is 280 Å². The summed E-state index contributed by atoms with van der Waals surface area (Å²) < 4.78 is 33.0. The van der Waals surface area contributed by atoms with Crippen molar-refractivity contribution >= 4 is 28.2 Å². The average Bonchev–Trinajstić information content (AvgIpc) is 3.41. The van der Waals surface area contributed by atoms with E-state index in [1.165, 1.54) is 41.9 Å². The number of benzene rings is 2. The predicted octanol–water partition coefficient (Wildman–Crippen LogP) is 10.3. The summed E-state index contributed by atoms with van der Waals surface area (Å²) in [5.74, 6) is 1.56. The van der Waals surface area contributed by atoms with Crippen LogP contribution < -0.4 is 10.2 Å². The first-order valence-corrected chi connectivity index (χ1v) is 17.5. The summed E-state index contributed by atoms with van der Waals surface area (Å²) in [4.78, 5) is 15.3. The van der Waals surface area contributed by atoms with Gasteiger partial charge in [0.15, 0.2) is 0 Å². The van der Waals surface area contributed by atoms with Crippen molar-refractivity contribution in [1.82, 2.24) is 19.7 Å². The maximum Gasteiger partial charge on any atom is 0.264 e. The Balaban J connectivity index is 0.00000100. The van der Waals surface area contributed by atoms with E-state index < -0.39 is 6.43 Å². The molecule has 7 rings (SSSR count). The molecule has 4 heterocycles. The molecule has 253 valence electrons. The fraction of sp³-hybridized carbons (Fsp3) is 0.462. The van der Waals surface area contributed by atoms with E-state index in [9.17, 15) is 13.6 Å². The molecule has 2 aromatic carbocycles. The van der Waals surface area contributed by atoms with E-state index in [0.29, 0.717) is 16.7 Å². The molecule has 0 fully saturated rings. The number of rotatable bonds is 8. The molecule has 1 amide bonds. The Kier molecular flexibility index (Phi) is 10.6. The van der Waals surface area contributed by atoms with Gasteiger partial charge < -0.3 is 14.8 Å². The van der Waals surface area contributed by atoms with Gasteiger partial charge in [0.1, 0.15) is 0 Å². The highest BCUT2D eigenvalue weighted by atomic mass is 19.3. The third kappa shape index (κ3) is 6.23. The number of hydrogen-bond acceptors (Lipinski definition) is 3. The molecule has 1 radical (unpaired) electrons. The van der Waals surface area contributed by atoms with Crippen LogP contribution in [-0.4, -0.2) is 33.8 Å². The van der Waals surface area contributed by atoms with Crippen LogP contribution in [0.5, 0.6) is 0 Å². The zero-order chi connectivity index (χ0) is 34.0. The molecule has 4 aromatic rings. The van der Waals surface area contributed by atoms with E-state index in [1.807, 2.05) is 40.0 Å². The first kappa shape index (κ1) is 34.4. The summed E-state index contributed by atoms with van der Waals surface area (Å²) in [7, 11) is 3.46. The molecule has 2 aliphatic heterocycles. The standard InChI is InChI=1S/C35H38F2N5O.2C2H6.H2/c1-5-6-7-10-24-29-18-41-19-30(35(43)38-3)27-14-23(13-25(33(27)41)20(2)32(24)29)42-11-8-9-21-12-26(22-16-39-40(4)17-22)28(34(36)37)15-31(21)42;2*1-2;/h12-17,19-20,34H,5-11,18H2,1-4H3,(H,38,43);2*1-2H3;1H. The van der Waals surface area contributed by atoms with E-state index in [4.69, 9.17) is 0 Å². The number of halogens is 2. The molecule has 3 aliphatic rings. The topological polar surface area (TPSA) is 55.1 Å². The first-order valence-electron chi connectivity index (χ1n) is 17.5. The average molecular weight is 645 g/mol. The van der Waals surface area contributed by atoms with Crippen LogP contribution in [-0.2, 0) is 20.0 Å². The van der Waals surface area contributed by atoms with Crippen LogP contribution >= 0.6 is 0 Å². The van der Waals surface area contributed by atoms with Gasteiger partial charge >= 0.3 is 0 Å². The van der Waals surface area contributed by atoms with Gasteiger partial charge in [-0.15, -0.1) is 0 Å². The molecular weight excluding hydrogens is 592 g/mol. The first-order chi connectivity index (χ1) is 22.8. The second-order valence-corrected chi connectivity index (χ2v) is 12.3. The van der Waals surface area contributed by atoms with E-state index in [-0.39, 0.29) is 18.8 Å². The largest absolute Gasteiger partial charge is 0.355 e. The van der Waals surface area contributed by atoms with E-state index in [1.54, 1.807) is 37.2 Å². The normalized spacial score (nSPS) is 16.6. The Bertz CT molecular complexity index is 1790. The van der Waals surface area contributed by atoms with Gasteiger partial charge in [0.25, 0.3) is 12.3 Å². The van der Waals surface area contributed by atoms with Crippen molar-refractivity contribution in [2.45, 2.75) is 99.0 Å². The molecule has 1 atom stereocenters. The Morgan fingerprint density at radius 2 is 1.87 bits per heavy atom. The summed E-state index contributed by atoms with van der Waals surface area (Å²) >= 11 is 0. The third-order valence-electron chi connectivity index (χ3n) is 9.60.